The fourth-order valence-corrected chi connectivity index (χ4v) is 10.2. The number of benzene rings is 2. The fraction of sp³-hybridized carbons (Fsp3) is 0.500. The normalized spacial score (nSPS) is 21.7. The summed E-state index contributed by atoms with van der Waals surface area (Å²) in [7, 11) is -0.314. The van der Waals surface area contributed by atoms with Crippen LogP contribution in [0.15, 0.2) is 83.1 Å². The molecule has 2 saturated heterocycles. The number of sulfone groups is 1. The summed E-state index contributed by atoms with van der Waals surface area (Å²) in [5.41, 5.74) is 1.54. The molecule has 4 heterocycles. The quantitative estimate of drug-likeness (QED) is 0.225. The van der Waals surface area contributed by atoms with Gasteiger partial charge in [0, 0.05) is 81.8 Å². The van der Waals surface area contributed by atoms with E-state index in [1.54, 1.807) is 32.3 Å². The third-order valence-electron chi connectivity index (χ3n) is 11.6. The van der Waals surface area contributed by atoms with Crippen LogP contribution in [0.25, 0.3) is 0 Å². The van der Waals surface area contributed by atoms with Crippen molar-refractivity contribution in [2.24, 2.45) is 24.8 Å². The number of nitrogens with one attached hydrogen (secondary N) is 1. The Morgan fingerprint density at radius 1 is 1.06 bits per heavy atom. The summed E-state index contributed by atoms with van der Waals surface area (Å²) in [6, 6.07) is 14.2. The first-order valence-corrected chi connectivity index (χ1v) is 19.5. The number of rotatable bonds is 11. The molecule has 51 heavy (non-hydrogen) atoms. The highest BCUT2D eigenvalue weighted by atomic mass is 32.2. The minimum Gasteiger partial charge on any atom is -0.446 e. The van der Waals surface area contributed by atoms with Crippen LogP contribution >= 0.6 is 0 Å². The number of anilines is 1. The third kappa shape index (κ3) is 7.02. The number of hydrogen-bond acceptors (Lipinski definition) is 8. The molecule has 7 rings (SSSR count). The van der Waals surface area contributed by atoms with Crippen molar-refractivity contribution in [2.45, 2.75) is 66.9 Å². The fourth-order valence-electron chi connectivity index (χ4n) is 8.98. The first-order chi connectivity index (χ1) is 24.6. The highest BCUT2D eigenvalue weighted by Crippen LogP contribution is 2.52. The molecule has 2 aliphatic heterocycles. The Balaban J connectivity index is 1.05. The van der Waals surface area contributed by atoms with Gasteiger partial charge in [0.1, 0.15) is 22.6 Å². The molecule has 13 heteroatoms. The first-order valence-electron chi connectivity index (χ1n) is 18.0. The van der Waals surface area contributed by atoms with E-state index in [1.165, 1.54) is 23.1 Å². The number of alkyl carbamates (subject to hydrolysis) is 1. The summed E-state index contributed by atoms with van der Waals surface area (Å²) < 4.78 is 50.8. The van der Waals surface area contributed by atoms with Crippen molar-refractivity contribution in [3.63, 3.8) is 0 Å². The highest BCUT2D eigenvalue weighted by Gasteiger charge is 2.53. The van der Waals surface area contributed by atoms with E-state index in [1.807, 2.05) is 37.5 Å². The van der Waals surface area contributed by atoms with E-state index in [0.717, 1.165) is 81.9 Å². The van der Waals surface area contributed by atoms with E-state index in [0.29, 0.717) is 12.5 Å². The maximum Gasteiger partial charge on any atom is 0.407 e. The van der Waals surface area contributed by atoms with Crippen LogP contribution in [0.2, 0.25) is 0 Å². The van der Waals surface area contributed by atoms with E-state index in [-0.39, 0.29) is 33.5 Å². The molecular formula is C38H48FN7O4S. The average Bonchev–Trinajstić information content (AvgIpc) is 3.87. The number of piperidine rings is 1. The van der Waals surface area contributed by atoms with Gasteiger partial charge in [-0.1, -0.05) is 12.1 Å². The molecule has 3 fully saturated rings. The van der Waals surface area contributed by atoms with Gasteiger partial charge in [-0.25, -0.2) is 22.6 Å². The van der Waals surface area contributed by atoms with Crippen LogP contribution in [0, 0.1) is 30.5 Å². The predicted octanol–water partition coefficient (Wildman–Crippen LogP) is 5.21. The number of amides is 1. The molecule has 11 nitrogen and oxygen atoms in total. The molecule has 0 bridgehead atoms. The average molecular weight is 718 g/mol. The van der Waals surface area contributed by atoms with Gasteiger partial charge in [-0.15, -0.1) is 0 Å². The maximum atomic E-state index is 15.1. The Morgan fingerprint density at radius 2 is 1.82 bits per heavy atom. The van der Waals surface area contributed by atoms with Gasteiger partial charge in [0.25, 0.3) is 0 Å². The molecule has 0 radical (unpaired) electrons. The van der Waals surface area contributed by atoms with Crippen molar-refractivity contribution in [2.75, 3.05) is 44.7 Å². The Hall–Kier alpha value is -4.23. The van der Waals surface area contributed by atoms with E-state index in [9.17, 15) is 13.2 Å². The van der Waals surface area contributed by atoms with Crippen LogP contribution < -0.4 is 10.2 Å². The van der Waals surface area contributed by atoms with E-state index >= 15 is 4.39 Å². The number of halogens is 1. The van der Waals surface area contributed by atoms with Gasteiger partial charge < -0.3 is 24.4 Å². The SMILES string of the molecule is CNC(=O)O[C@H]1CCC[C@@H]1C(Cn1ccnc1C)(c1cccc(F)c1)C1CCN(CC2CN(c3ccc(S(=O)(=O)c4cnn(C)c4)cc3)C2)CC1. The minimum atomic E-state index is -3.60. The Kier molecular flexibility index (Phi) is 9.95. The van der Waals surface area contributed by atoms with Gasteiger partial charge in [-0.05, 0) is 100.0 Å². The molecule has 1 aliphatic carbocycles. The van der Waals surface area contributed by atoms with Gasteiger partial charge in [0.05, 0.1) is 11.1 Å². The zero-order valence-electron chi connectivity index (χ0n) is 29.6. The monoisotopic (exact) mass is 717 g/mol. The highest BCUT2D eigenvalue weighted by molar-refractivity contribution is 7.91. The first kappa shape index (κ1) is 35.2. The summed E-state index contributed by atoms with van der Waals surface area (Å²) in [6.07, 6.45) is 10.6. The second-order valence-electron chi connectivity index (χ2n) is 14.6. The Bertz CT molecular complexity index is 1930. The number of aryl methyl sites for hydroxylation is 2. The molecule has 272 valence electrons. The number of nitrogens with zero attached hydrogens (tertiary/aromatic N) is 6. The number of imidazole rings is 1. The largest absolute Gasteiger partial charge is 0.446 e. The molecule has 0 spiro atoms. The topological polar surface area (TPSA) is 115 Å². The van der Waals surface area contributed by atoms with Crippen molar-refractivity contribution in [3.05, 3.63) is 90.5 Å². The third-order valence-corrected chi connectivity index (χ3v) is 13.3. The lowest BCUT2D eigenvalue weighted by Gasteiger charge is -2.51. The van der Waals surface area contributed by atoms with E-state index in [2.05, 4.69) is 35.8 Å². The van der Waals surface area contributed by atoms with Crippen LogP contribution in [0.5, 0.6) is 0 Å². The summed E-state index contributed by atoms with van der Waals surface area (Å²) in [6.45, 7) is 7.37. The van der Waals surface area contributed by atoms with Crippen molar-refractivity contribution in [1.29, 1.82) is 0 Å². The Labute approximate surface area is 299 Å². The molecule has 3 atom stereocenters. The van der Waals surface area contributed by atoms with Crippen molar-refractivity contribution in [3.8, 4) is 0 Å². The summed E-state index contributed by atoms with van der Waals surface area (Å²) in [4.78, 5) is 22.4. The summed E-state index contributed by atoms with van der Waals surface area (Å²) in [5, 5.41) is 6.64. The van der Waals surface area contributed by atoms with E-state index in [4.69, 9.17) is 4.74 Å². The van der Waals surface area contributed by atoms with Crippen molar-refractivity contribution in [1.82, 2.24) is 29.5 Å². The van der Waals surface area contributed by atoms with Crippen LogP contribution in [-0.2, 0) is 33.6 Å². The predicted molar refractivity (Wildman–Crippen MR) is 192 cm³/mol. The van der Waals surface area contributed by atoms with Crippen LogP contribution in [0.1, 0.15) is 43.5 Å². The zero-order valence-corrected chi connectivity index (χ0v) is 30.4. The number of aromatic nitrogens is 4. The molecule has 1 amide bonds. The lowest BCUT2D eigenvalue weighted by molar-refractivity contribution is 0.00168. The lowest BCUT2D eigenvalue weighted by atomic mass is 9.58. The van der Waals surface area contributed by atoms with E-state index < -0.39 is 21.3 Å². The second-order valence-corrected chi connectivity index (χ2v) is 16.5. The molecular weight excluding hydrogens is 670 g/mol. The van der Waals surface area contributed by atoms with Crippen LogP contribution in [0.4, 0.5) is 14.9 Å². The van der Waals surface area contributed by atoms with Crippen LogP contribution in [0.3, 0.4) is 0 Å². The molecule has 2 aromatic heterocycles. The number of hydrogen-bond donors (Lipinski definition) is 1. The number of carbonyl (C=O) groups is 1. The van der Waals surface area contributed by atoms with Gasteiger partial charge in [-0.3, -0.25) is 4.68 Å². The maximum absolute atomic E-state index is 15.1. The molecule has 3 aliphatic rings. The molecule has 4 aromatic rings. The van der Waals surface area contributed by atoms with Crippen molar-refractivity contribution >= 4 is 21.6 Å². The lowest BCUT2D eigenvalue weighted by Crippen LogP contribution is -2.55. The standard InChI is InChI=1S/C38H48FN7O4S/c1-27-41-16-19-45(27)26-38(30-6-4-7-31(39)20-30,35-8-5-9-36(35)50-37(47)40-2)29-14-17-44(18-15-29)22-28-23-46(24-28)32-10-12-33(13-11-32)51(48,49)34-21-42-43(3)25-34/h4,6-7,10-13,16,19-21,25,28-29,35-36H,5,8-9,14-15,17-18,22-24,26H2,1-3H3,(H,40,47)/t35-,36-,38?/m0/s1. The number of carbonyl (C=O) groups excluding carboxylic acids is 1. The molecule has 1 N–H and O–H groups in total. The molecule has 1 unspecified atom stereocenters. The van der Waals surface area contributed by atoms with Gasteiger partial charge in [0.2, 0.25) is 9.84 Å². The summed E-state index contributed by atoms with van der Waals surface area (Å²) >= 11 is 0. The van der Waals surface area contributed by atoms with Gasteiger partial charge >= 0.3 is 6.09 Å². The van der Waals surface area contributed by atoms with Gasteiger partial charge in [0.15, 0.2) is 0 Å². The van der Waals surface area contributed by atoms with Crippen molar-refractivity contribution < 1.29 is 22.3 Å². The summed E-state index contributed by atoms with van der Waals surface area (Å²) in [5.74, 6) is 1.45. The second kappa shape index (κ2) is 14.4. The number of ether oxygens (including phenoxy) is 1. The van der Waals surface area contributed by atoms with Crippen LogP contribution in [-0.4, -0.2) is 84.6 Å². The molecule has 2 aromatic carbocycles. The number of likely N-dealkylation sites (tertiary alicyclic amines) is 1. The zero-order chi connectivity index (χ0) is 35.8. The smallest absolute Gasteiger partial charge is 0.407 e. The van der Waals surface area contributed by atoms with Gasteiger partial charge in [-0.2, -0.15) is 5.10 Å². The minimum absolute atomic E-state index is 0.0286. The molecule has 1 saturated carbocycles. The Morgan fingerprint density at radius 3 is 2.47 bits per heavy atom.